The Morgan fingerprint density at radius 3 is 3.00 bits per heavy atom. The zero-order chi connectivity index (χ0) is 13.2. The second-order valence-corrected chi connectivity index (χ2v) is 4.70. The second-order valence-electron chi connectivity index (χ2n) is 4.70. The quantitative estimate of drug-likeness (QED) is 0.250. The summed E-state index contributed by atoms with van der Waals surface area (Å²) in [5.41, 5.74) is 4.75. The Kier molecular flexibility index (Phi) is 3.17. The van der Waals surface area contributed by atoms with Gasteiger partial charge in [0.1, 0.15) is 17.6 Å². The summed E-state index contributed by atoms with van der Waals surface area (Å²) in [7, 11) is 0. The van der Waals surface area contributed by atoms with Crippen molar-refractivity contribution in [3.8, 4) is 0 Å². The Labute approximate surface area is 104 Å². The highest BCUT2D eigenvalue weighted by Crippen LogP contribution is 2.45. The van der Waals surface area contributed by atoms with Crippen LogP contribution in [0.1, 0.15) is 25.6 Å². The highest BCUT2D eigenvalue weighted by Gasteiger charge is 2.52. The van der Waals surface area contributed by atoms with Crippen LogP contribution < -0.4 is 11.1 Å². The number of oxime groups is 1. The Bertz CT molecular complexity index is 449. The van der Waals surface area contributed by atoms with Gasteiger partial charge in [-0.1, -0.05) is 12.1 Å². The smallest absolute Gasteiger partial charge is 0.234 e. The van der Waals surface area contributed by atoms with Crippen LogP contribution in [0.2, 0.25) is 0 Å². The van der Waals surface area contributed by atoms with E-state index in [1.807, 2.05) is 6.92 Å². The Morgan fingerprint density at radius 1 is 1.78 bits per heavy atom. The molecule has 5 N–H and O–H groups in total. The molecular weight excluding hydrogens is 236 g/mol. The van der Waals surface area contributed by atoms with Gasteiger partial charge in [0.05, 0.1) is 6.54 Å². The van der Waals surface area contributed by atoms with E-state index in [9.17, 15) is 4.79 Å². The molecule has 1 fully saturated rings. The van der Waals surface area contributed by atoms with Gasteiger partial charge in [-0.15, -0.1) is 0 Å². The molecule has 1 aromatic heterocycles. The first-order valence-electron chi connectivity index (χ1n) is 5.69. The maximum atomic E-state index is 12.1. The highest BCUT2D eigenvalue weighted by molar-refractivity contribution is 6.07. The summed E-state index contributed by atoms with van der Waals surface area (Å²) in [6, 6.07) is 0. The van der Waals surface area contributed by atoms with Gasteiger partial charge >= 0.3 is 0 Å². The van der Waals surface area contributed by atoms with Gasteiger partial charge < -0.3 is 16.3 Å². The minimum Gasteiger partial charge on any atom is -0.409 e. The van der Waals surface area contributed by atoms with Crippen molar-refractivity contribution in [1.82, 2.24) is 20.5 Å². The van der Waals surface area contributed by atoms with Crippen LogP contribution in [0.5, 0.6) is 0 Å². The first-order chi connectivity index (χ1) is 8.58. The molecule has 1 saturated carbocycles. The summed E-state index contributed by atoms with van der Waals surface area (Å²) in [5.74, 6) is 0.676. The molecule has 0 aromatic carbocycles. The number of hydrogen-bond donors (Lipinski definition) is 4. The third-order valence-electron chi connectivity index (χ3n) is 3.31. The largest absolute Gasteiger partial charge is 0.409 e. The number of aromatic amines is 1. The standard InChI is InChI=1S/C10H16N6O2/c1-6-2-10(3-6,8(11)16-18)9(17)12-4-7-13-5-14-15-7/h5-6,18H,2-4H2,1H3,(H2,11,16)(H,12,17)(H,13,14,15). The number of H-pyrrole nitrogens is 1. The van der Waals surface area contributed by atoms with Crippen molar-refractivity contribution in [2.24, 2.45) is 22.2 Å². The van der Waals surface area contributed by atoms with E-state index in [1.54, 1.807) is 0 Å². The fourth-order valence-electron chi connectivity index (χ4n) is 2.39. The Hall–Kier alpha value is -2.12. The number of hydrogen-bond acceptors (Lipinski definition) is 5. The monoisotopic (exact) mass is 252 g/mol. The number of amides is 1. The molecule has 1 aliphatic carbocycles. The van der Waals surface area contributed by atoms with Crippen molar-refractivity contribution in [2.75, 3.05) is 0 Å². The molecular formula is C10H16N6O2. The maximum Gasteiger partial charge on any atom is 0.234 e. The van der Waals surface area contributed by atoms with Crippen molar-refractivity contribution < 1.29 is 10.0 Å². The first-order valence-corrected chi connectivity index (χ1v) is 5.69. The number of rotatable bonds is 4. The number of carbonyl (C=O) groups is 1. The van der Waals surface area contributed by atoms with E-state index in [0.717, 1.165) is 0 Å². The molecule has 1 aromatic rings. The minimum atomic E-state index is -0.881. The van der Waals surface area contributed by atoms with Gasteiger partial charge in [0, 0.05) is 0 Å². The van der Waals surface area contributed by atoms with Gasteiger partial charge in [-0.05, 0) is 18.8 Å². The van der Waals surface area contributed by atoms with Crippen LogP contribution in [-0.4, -0.2) is 32.1 Å². The third kappa shape index (κ3) is 2.01. The second kappa shape index (κ2) is 4.63. The van der Waals surface area contributed by atoms with E-state index in [1.165, 1.54) is 6.33 Å². The van der Waals surface area contributed by atoms with E-state index < -0.39 is 5.41 Å². The predicted molar refractivity (Wildman–Crippen MR) is 62.5 cm³/mol. The maximum absolute atomic E-state index is 12.1. The van der Waals surface area contributed by atoms with Gasteiger partial charge in [0.15, 0.2) is 5.84 Å². The summed E-state index contributed by atoms with van der Waals surface area (Å²) in [6.07, 6.45) is 2.54. The van der Waals surface area contributed by atoms with Crippen LogP contribution in [0, 0.1) is 11.3 Å². The normalized spacial score (nSPS) is 27.6. The molecule has 1 aliphatic rings. The average Bonchev–Trinajstić information content (AvgIpc) is 2.83. The molecule has 8 nitrogen and oxygen atoms in total. The van der Waals surface area contributed by atoms with Crippen LogP contribution in [-0.2, 0) is 11.3 Å². The lowest BCUT2D eigenvalue weighted by Gasteiger charge is -2.43. The molecule has 2 rings (SSSR count). The average molecular weight is 252 g/mol. The zero-order valence-electron chi connectivity index (χ0n) is 10.1. The molecule has 98 valence electrons. The molecule has 0 spiro atoms. The summed E-state index contributed by atoms with van der Waals surface area (Å²) in [4.78, 5) is 16.0. The lowest BCUT2D eigenvalue weighted by Crippen LogP contribution is -2.56. The topological polar surface area (TPSA) is 129 Å². The Morgan fingerprint density at radius 2 is 2.50 bits per heavy atom. The minimum absolute atomic E-state index is 0.0318. The SMILES string of the molecule is CC1CC(C(=O)NCc2ncn[nH]2)(C(N)=NO)C1. The summed E-state index contributed by atoms with van der Waals surface area (Å²) < 4.78 is 0. The predicted octanol–water partition coefficient (Wildman–Crippen LogP) is -0.416. The van der Waals surface area contributed by atoms with Crippen molar-refractivity contribution in [3.05, 3.63) is 12.2 Å². The van der Waals surface area contributed by atoms with E-state index >= 15 is 0 Å². The summed E-state index contributed by atoms with van der Waals surface area (Å²) >= 11 is 0. The molecule has 0 unspecified atom stereocenters. The van der Waals surface area contributed by atoms with Gasteiger partial charge in [-0.25, -0.2) is 4.98 Å². The zero-order valence-corrected chi connectivity index (χ0v) is 10.1. The summed E-state index contributed by atoms with van der Waals surface area (Å²) in [5, 5.41) is 20.8. The fourth-order valence-corrected chi connectivity index (χ4v) is 2.39. The van der Waals surface area contributed by atoms with Gasteiger partial charge in [0.2, 0.25) is 5.91 Å². The van der Waals surface area contributed by atoms with Crippen LogP contribution >= 0.6 is 0 Å². The highest BCUT2D eigenvalue weighted by atomic mass is 16.4. The van der Waals surface area contributed by atoms with Crippen LogP contribution in [0.3, 0.4) is 0 Å². The fraction of sp³-hybridized carbons (Fsp3) is 0.600. The molecule has 0 atom stereocenters. The van der Waals surface area contributed by atoms with E-state index in [0.29, 0.717) is 24.6 Å². The van der Waals surface area contributed by atoms with Gasteiger partial charge in [0.25, 0.3) is 0 Å². The molecule has 1 heterocycles. The van der Waals surface area contributed by atoms with E-state index in [-0.39, 0.29) is 18.3 Å². The lowest BCUT2D eigenvalue weighted by atomic mass is 9.61. The number of aromatic nitrogens is 3. The van der Waals surface area contributed by atoms with Crippen molar-refractivity contribution in [1.29, 1.82) is 0 Å². The van der Waals surface area contributed by atoms with Crippen LogP contribution in [0.15, 0.2) is 11.5 Å². The van der Waals surface area contributed by atoms with Gasteiger partial charge in [-0.2, -0.15) is 5.10 Å². The third-order valence-corrected chi connectivity index (χ3v) is 3.31. The molecule has 0 bridgehead atoms. The number of carbonyl (C=O) groups excluding carboxylic acids is 1. The van der Waals surface area contributed by atoms with Crippen molar-refractivity contribution >= 4 is 11.7 Å². The van der Waals surface area contributed by atoms with Gasteiger partial charge in [-0.3, -0.25) is 9.89 Å². The van der Waals surface area contributed by atoms with Crippen molar-refractivity contribution in [3.63, 3.8) is 0 Å². The van der Waals surface area contributed by atoms with Crippen molar-refractivity contribution in [2.45, 2.75) is 26.3 Å². The van der Waals surface area contributed by atoms with Crippen LogP contribution in [0.4, 0.5) is 0 Å². The number of amidine groups is 1. The molecule has 8 heteroatoms. The number of nitrogens with zero attached hydrogens (tertiary/aromatic N) is 3. The molecule has 1 amide bonds. The number of nitrogens with one attached hydrogen (secondary N) is 2. The molecule has 0 aliphatic heterocycles. The first kappa shape index (κ1) is 12.3. The van der Waals surface area contributed by atoms with Crippen LogP contribution in [0.25, 0.3) is 0 Å². The molecule has 0 radical (unpaired) electrons. The lowest BCUT2D eigenvalue weighted by molar-refractivity contribution is -0.133. The molecule has 0 saturated heterocycles. The number of nitrogens with two attached hydrogens (primary N) is 1. The summed E-state index contributed by atoms with van der Waals surface area (Å²) in [6.45, 7) is 2.26. The molecule has 18 heavy (non-hydrogen) atoms. The van der Waals surface area contributed by atoms with E-state index in [2.05, 4.69) is 25.7 Å². The Balaban J connectivity index is 2.01. The van der Waals surface area contributed by atoms with E-state index in [4.69, 9.17) is 10.9 Å².